The third-order valence-electron chi connectivity index (χ3n) is 4.77. The number of amides is 1. The Kier molecular flexibility index (Phi) is 5.88. The fourth-order valence-electron chi connectivity index (χ4n) is 3.20. The first-order chi connectivity index (χ1) is 15.0. The maximum atomic E-state index is 12.6. The first-order valence-electron chi connectivity index (χ1n) is 9.47. The predicted octanol–water partition coefficient (Wildman–Crippen LogP) is 5.09. The molecule has 0 aliphatic carbocycles. The summed E-state index contributed by atoms with van der Waals surface area (Å²) in [7, 11) is 0. The molecule has 2 aromatic heterocycles. The summed E-state index contributed by atoms with van der Waals surface area (Å²) in [5, 5.41) is 3.93. The van der Waals surface area contributed by atoms with Gasteiger partial charge in [-0.25, -0.2) is 0 Å². The maximum Gasteiger partial charge on any atom is 0.262 e. The molecule has 31 heavy (non-hydrogen) atoms. The number of benzene rings is 2. The van der Waals surface area contributed by atoms with E-state index >= 15 is 0 Å². The second-order valence-corrected chi connectivity index (χ2v) is 7.67. The number of carbonyl (C=O) groups is 1. The molecule has 0 unspecified atom stereocenters. The molecule has 8 heteroatoms. The summed E-state index contributed by atoms with van der Waals surface area (Å²) in [4.78, 5) is 28.2. The van der Waals surface area contributed by atoms with Gasteiger partial charge >= 0.3 is 0 Å². The van der Waals surface area contributed by atoms with Gasteiger partial charge in [0.25, 0.3) is 11.5 Å². The van der Waals surface area contributed by atoms with Gasteiger partial charge in [0.1, 0.15) is 11.5 Å². The monoisotopic (exact) mass is 451 g/mol. The second kappa shape index (κ2) is 8.75. The molecule has 0 atom stereocenters. The van der Waals surface area contributed by atoms with Gasteiger partial charge in [0.05, 0.1) is 17.4 Å². The minimum Gasteiger partial charge on any atom is -0.459 e. The van der Waals surface area contributed by atoms with Gasteiger partial charge in [-0.1, -0.05) is 17.7 Å². The summed E-state index contributed by atoms with van der Waals surface area (Å²) in [6, 6.07) is 15.8. The van der Waals surface area contributed by atoms with E-state index in [2.05, 4.69) is 16.9 Å². The summed E-state index contributed by atoms with van der Waals surface area (Å²) in [5.41, 5.74) is 1.58. The molecule has 0 radical (unpaired) electrons. The van der Waals surface area contributed by atoms with Crippen LogP contribution in [0.2, 0.25) is 5.02 Å². The van der Waals surface area contributed by atoms with Crippen LogP contribution in [0.15, 0.2) is 76.5 Å². The number of allylic oxidation sites excluding steroid dienone is 1. The number of carbonyl (C=O) groups excluding carboxylic acids is 1. The molecule has 2 N–H and O–H groups in total. The maximum absolute atomic E-state index is 12.6. The van der Waals surface area contributed by atoms with E-state index in [1.165, 1.54) is 4.57 Å². The molecule has 4 rings (SSSR count). The van der Waals surface area contributed by atoms with E-state index in [-0.39, 0.29) is 22.8 Å². The van der Waals surface area contributed by atoms with Crippen LogP contribution in [0, 0.1) is 4.77 Å². The largest absolute Gasteiger partial charge is 0.459 e. The number of halogens is 1. The van der Waals surface area contributed by atoms with E-state index in [0.717, 1.165) is 5.56 Å². The Balaban J connectivity index is 1.50. The number of fused-ring (bicyclic) bond motifs is 1. The van der Waals surface area contributed by atoms with Gasteiger partial charge in [0, 0.05) is 22.7 Å². The van der Waals surface area contributed by atoms with E-state index in [9.17, 15) is 9.59 Å². The topological polar surface area (TPSA) is 80.0 Å². The van der Waals surface area contributed by atoms with Crippen molar-refractivity contribution in [3.63, 3.8) is 0 Å². The zero-order valence-electron chi connectivity index (χ0n) is 16.4. The minimum atomic E-state index is -0.291. The number of rotatable bonds is 6. The van der Waals surface area contributed by atoms with Crippen LogP contribution in [-0.4, -0.2) is 15.5 Å². The number of furan rings is 1. The third-order valence-corrected chi connectivity index (χ3v) is 5.34. The van der Waals surface area contributed by atoms with Crippen molar-refractivity contribution in [1.29, 1.82) is 0 Å². The Morgan fingerprint density at radius 1 is 1.19 bits per heavy atom. The Labute approximate surface area is 187 Å². The van der Waals surface area contributed by atoms with Crippen LogP contribution in [0.4, 0.5) is 0 Å². The molecule has 0 spiro atoms. The SMILES string of the molecule is C=CCn1c(=S)[nH]c2cc(C(=O)NCc3ccc(-c4ccc(Cl)cc4)o3)ccc2c1=O. The first kappa shape index (κ1) is 20.8. The summed E-state index contributed by atoms with van der Waals surface area (Å²) in [5.74, 6) is 1.02. The van der Waals surface area contributed by atoms with Crippen molar-refractivity contribution in [2.24, 2.45) is 0 Å². The van der Waals surface area contributed by atoms with Gasteiger partial charge in [-0.2, -0.15) is 0 Å². The molecule has 1 amide bonds. The summed E-state index contributed by atoms with van der Waals surface area (Å²) < 4.78 is 7.50. The average molecular weight is 452 g/mol. The van der Waals surface area contributed by atoms with Crippen LogP contribution < -0.4 is 10.9 Å². The fraction of sp³-hybridized carbons (Fsp3) is 0.0870. The second-order valence-electron chi connectivity index (χ2n) is 6.85. The number of hydrogen-bond donors (Lipinski definition) is 2. The molecule has 156 valence electrons. The highest BCUT2D eigenvalue weighted by atomic mass is 35.5. The molecular formula is C23H18ClN3O3S. The van der Waals surface area contributed by atoms with Crippen molar-refractivity contribution in [2.75, 3.05) is 0 Å². The van der Waals surface area contributed by atoms with E-state index in [0.29, 0.717) is 39.6 Å². The van der Waals surface area contributed by atoms with Gasteiger partial charge in [0.15, 0.2) is 4.77 Å². The van der Waals surface area contributed by atoms with Crippen molar-refractivity contribution in [2.45, 2.75) is 13.1 Å². The highest BCUT2D eigenvalue weighted by Gasteiger charge is 2.11. The van der Waals surface area contributed by atoms with E-state index in [1.807, 2.05) is 24.3 Å². The zero-order chi connectivity index (χ0) is 22.0. The quantitative estimate of drug-likeness (QED) is 0.316. The molecule has 2 aromatic carbocycles. The van der Waals surface area contributed by atoms with Crippen LogP contribution in [-0.2, 0) is 13.1 Å². The number of aromatic amines is 1. The summed E-state index contributed by atoms with van der Waals surface area (Å²) in [6.45, 7) is 4.17. The third kappa shape index (κ3) is 4.38. The molecule has 0 aliphatic rings. The lowest BCUT2D eigenvalue weighted by Gasteiger charge is -2.08. The van der Waals surface area contributed by atoms with Crippen LogP contribution in [0.1, 0.15) is 16.1 Å². The van der Waals surface area contributed by atoms with Crippen LogP contribution in [0.5, 0.6) is 0 Å². The number of H-pyrrole nitrogens is 1. The number of hydrogen-bond acceptors (Lipinski definition) is 4. The van der Waals surface area contributed by atoms with Crippen molar-refractivity contribution in [1.82, 2.24) is 14.9 Å². The van der Waals surface area contributed by atoms with Crippen molar-refractivity contribution in [3.05, 3.63) is 98.7 Å². The molecule has 0 fully saturated rings. The Hall–Kier alpha value is -3.42. The van der Waals surface area contributed by atoms with Gasteiger partial charge in [-0.05, 0) is 66.8 Å². The van der Waals surface area contributed by atoms with Gasteiger partial charge < -0.3 is 14.7 Å². The Bertz CT molecular complexity index is 1400. The molecular weight excluding hydrogens is 434 g/mol. The lowest BCUT2D eigenvalue weighted by atomic mass is 10.1. The summed E-state index contributed by atoms with van der Waals surface area (Å²) >= 11 is 11.2. The Morgan fingerprint density at radius 3 is 2.71 bits per heavy atom. The molecule has 2 heterocycles. The number of aromatic nitrogens is 2. The standard InChI is InChI=1S/C23H18ClN3O3S/c1-2-11-27-22(29)18-9-5-15(12-19(18)26-23(27)31)21(28)25-13-17-8-10-20(30-17)14-3-6-16(24)7-4-14/h2-10,12H,1,11,13H2,(H,25,28)(H,26,31). The highest BCUT2D eigenvalue weighted by molar-refractivity contribution is 7.71. The minimum absolute atomic E-state index is 0.224. The van der Waals surface area contributed by atoms with Gasteiger partial charge in [-0.15, -0.1) is 6.58 Å². The predicted molar refractivity (Wildman–Crippen MR) is 124 cm³/mol. The van der Waals surface area contributed by atoms with Crippen molar-refractivity contribution in [3.8, 4) is 11.3 Å². The van der Waals surface area contributed by atoms with Crippen LogP contribution in [0.3, 0.4) is 0 Å². The number of nitrogens with one attached hydrogen (secondary N) is 2. The molecule has 0 saturated carbocycles. The van der Waals surface area contributed by atoms with Crippen LogP contribution in [0.25, 0.3) is 22.2 Å². The highest BCUT2D eigenvalue weighted by Crippen LogP contribution is 2.23. The van der Waals surface area contributed by atoms with Gasteiger partial charge in [-0.3, -0.25) is 14.2 Å². The number of nitrogens with zero attached hydrogens (tertiary/aromatic N) is 1. The zero-order valence-corrected chi connectivity index (χ0v) is 17.9. The first-order valence-corrected chi connectivity index (χ1v) is 10.3. The van der Waals surface area contributed by atoms with Crippen molar-refractivity contribution < 1.29 is 9.21 Å². The molecule has 6 nitrogen and oxygen atoms in total. The van der Waals surface area contributed by atoms with E-state index in [4.69, 9.17) is 28.2 Å². The Morgan fingerprint density at radius 2 is 1.97 bits per heavy atom. The van der Waals surface area contributed by atoms with Crippen LogP contribution >= 0.6 is 23.8 Å². The smallest absolute Gasteiger partial charge is 0.262 e. The van der Waals surface area contributed by atoms with Crippen molar-refractivity contribution >= 4 is 40.6 Å². The molecule has 0 bridgehead atoms. The molecule has 4 aromatic rings. The van der Waals surface area contributed by atoms with Gasteiger partial charge in [0.2, 0.25) is 0 Å². The van der Waals surface area contributed by atoms with E-state index < -0.39 is 0 Å². The lowest BCUT2D eigenvalue weighted by molar-refractivity contribution is 0.0948. The lowest BCUT2D eigenvalue weighted by Crippen LogP contribution is -2.24. The molecule has 0 aliphatic heterocycles. The summed E-state index contributed by atoms with van der Waals surface area (Å²) in [6.07, 6.45) is 1.60. The molecule has 0 saturated heterocycles. The average Bonchev–Trinajstić information content (AvgIpc) is 3.24. The normalized spacial score (nSPS) is 10.9. The fourth-order valence-corrected chi connectivity index (χ4v) is 3.60. The van der Waals surface area contributed by atoms with E-state index in [1.54, 1.807) is 36.4 Å².